The van der Waals surface area contributed by atoms with E-state index in [1.807, 2.05) is 0 Å². The lowest BCUT2D eigenvalue weighted by molar-refractivity contribution is 0.384. The van der Waals surface area contributed by atoms with Crippen molar-refractivity contribution in [2.75, 3.05) is 13.7 Å². The van der Waals surface area contributed by atoms with E-state index in [0.29, 0.717) is 11.6 Å². The molecule has 0 bridgehead atoms. The van der Waals surface area contributed by atoms with Crippen LogP contribution in [0.1, 0.15) is 12.5 Å². The second kappa shape index (κ2) is 7.23. The normalized spacial score (nSPS) is 11.8. The van der Waals surface area contributed by atoms with Gasteiger partial charge in [0.2, 0.25) is 10.0 Å². The average Bonchev–Trinajstić information content (AvgIpc) is 2.54. The van der Waals surface area contributed by atoms with Crippen molar-refractivity contribution in [3.63, 3.8) is 0 Å². The Balaban J connectivity index is 2.36. The second-order valence-electron chi connectivity index (χ2n) is 4.97. The van der Waals surface area contributed by atoms with E-state index in [4.69, 9.17) is 4.74 Å². The van der Waals surface area contributed by atoms with E-state index in [0.717, 1.165) is 22.5 Å². The van der Waals surface area contributed by atoms with Gasteiger partial charge < -0.3 is 4.74 Å². The molecule has 0 N–H and O–H groups in total. The summed E-state index contributed by atoms with van der Waals surface area (Å²) in [6, 6.07) is 6.23. The smallest absolute Gasteiger partial charge is 0.246 e. The third-order valence-corrected chi connectivity index (χ3v) is 5.37. The molecule has 0 aromatic heterocycles. The zero-order valence-electron chi connectivity index (χ0n) is 13.1. The fourth-order valence-corrected chi connectivity index (χ4v) is 3.71. The van der Waals surface area contributed by atoms with E-state index in [9.17, 15) is 21.6 Å². The van der Waals surface area contributed by atoms with Crippen LogP contribution in [-0.2, 0) is 16.6 Å². The lowest BCUT2D eigenvalue weighted by Crippen LogP contribution is -2.31. The lowest BCUT2D eigenvalue weighted by Gasteiger charge is -2.21. The Labute approximate surface area is 138 Å². The highest BCUT2D eigenvalue weighted by Gasteiger charge is 2.27. The highest BCUT2D eigenvalue weighted by atomic mass is 32.2. The maximum atomic E-state index is 13.8. The minimum absolute atomic E-state index is 0.00589. The zero-order chi connectivity index (χ0) is 17.9. The van der Waals surface area contributed by atoms with Crippen LogP contribution in [0.3, 0.4) is 0 Å². The summed E-state index contributed by atoms with van der Waals surface area (Å²) >= 11 is 0. The molecule has 0 unspecified atom stereocenters. The van der Waals surface area contributed by atoms with Crippen molar-refractivity contribution in [3.05, 3.63) is 59.4 Å². The summed E-state index contributed by atoms with van der Waals surface area (Å²) in [6.07, 6.45) is 0. The summed E-state index contributed by atoms with van der Waals surface area (Å²) in [5.74, 6) is -2.52. The van der Waals surface area contributed by atoms with E-state index in [-0.39, 0.29) is 18.8 Å². The molecule has 0 radical (unpaired) electrons. The molecular formula is C16H16F3NO3S. The predicted molar refractivity (Wildman–Crippen MR) is 82.6 cm³/mol. The number of sulfonamides is 1. The van der Waals surface area contributed by atoms with Gasteiger partial charge in [-0.15, -0.1) is 0 Å². The van der Waals surface area contributed by atoms with Crippen molar-refractivity contribution < 1.29 is 26.3 Å². The van der Waals surface area contributed by atoms with Crippen LogP contribution in [0.25, 0.3) is 0 Å². The fourth-order valence-electron chi connectivity index (χ4n) is 2.19. The molecule has 0 atom stereocenters. The molecule has 2 aromatic carbocycles. The summed E-state index contributed by atoms with van der Waals surface area (Å²) < 4.78 is 71.7. The van der Waals surface area contributed by atoms with Crippen LogP contribution in [0.5, 0.6) is 5.75 Å². The summed E-state index contributed by atoms with van der Waals surface area (Å²) in [4.78, 5) is -0.752. The quantitative estimate of drug-likeness (QED) is 0.795. The van der Waals surface area contributed by atoms with Crippen molar-refractivity contribution in [2.24, 2.45) is 0 Å². The molecule has 0 aliphatic rings. The van der Waals surface area contributed by atoms with Crippen molar-refractivity contribution >= 4 is 10.0 Å². The molecule has 0 amide bonds. The number of halogens is 3. The summed E-state index contributed by atoms with van der Waals surface area (Å²) in [5.41, 5.74) is 0.357. The van der Waals surface area contributed by atoms with Gasteiger partial charge in [0.1, 0.15) is 16.5 Å². The molecule has 0 aliphatic heterocycles. The van der Waals surface area contributed by atoms with E-state index in [1.54, 1.807) is 6.92 Å². The molecule has 2 aromatic rings. The molecule has 24 heavy (non-hydrogen) atoms. The van der Waals surface area contributed by atoms with Gasteiger partial charge in [-0.3, -0.25) is 0 Å². The third kappa shape index (κ3) is 3.70. The molecule has 0 fully saturated rings. The predicted octanol–water partition coefficient (Wildman–Crippen LogP) is 3.32. The van der Waals surface area contributed by atoms with Crippen LogP contribution >= 0.6 is 0 Å². The number of hydrogen-bond acceptors (Lipinski definition) is 3. The second-order valence-corrected chi connectivity index (χ2v) is 6.88. The number of ether oxygens (including phenoxy) is 1. The van der Waals surface area contributed by atoms with E-state index >= 15 is 0 Å². The molecule has 0 saturated carbocycles. The number of rotatable bonds is 6. The molecule has 0 aliphatic carbocycles. The Kier molecular flexibility index (Phi) is 5.51. The largest absolute Gasteiger partial charge is 0.494 e. The van der Waals surface area contributed by atoms with Crippen LogP contribution in [0.4, 0.5) is 13.2 Å². The molecule has 0 saturated heterocycles. The number of methoxy groups -OCH3 is 1. The molecule has 4 nitrogen and oxygen atoms in total. The average molecular weight is 359 g/mol. The summed E-state index contributed by atoms with van der Waals surface area (Å²) in [6.45, 7) is 1.37. The molecule has 8 heteroatoms. The third-order valence-electron chi connectivity index (χ3n) is 3.44. The van der Waals surface area contributed by atoms with Gasteiger partial charge in [0.25, 0.3) is 0 Å². The zero-order valence-corrected chi connectivity index (χ0v) is 13.9. The Morgan fingerprint density at radius 3 is 2.33 bits per heavy atom. The van der Waals surface area contributed by atoms with E-state index < -0.39 is 32.4 Å². The lowest BCUT2D eigenvalue weighted by atomic mass is 10.2. The maximum absolute atomic E-state index is 13.8. The Hall–Kier alpha value is -2.06. The van der Waals surface area contributed by atoms with Crippen LogP contribution in [0, 0.1) is 17.5 Å². The van der Waals surface area contributed by atoms with Crippen LogP contribution in [-0.4, -0.2) is 26.4 Å². The first-order chi connectivity index (χ1) is 11.3. The van der Waals surface area contributed by atoms with Gasteiger partial charge in [-0.2, -0.15) is 4.31 Å². The first-order valence-electron chi connectivity index (χ1n) is 7.07. The molecular weight excluding hydrogens is 343 g/mol. The number of nitrogens with zero attached hydrogens (tertiary/aromatic N) is 1. The monoisotopic (exact) mass is 359 g/mol. The van der Waals surface area contributed by atoms with Gasteiger partial charge >= 0.3 is 0 Å². The minimum Gasteiger partial charge on any atom is -0.494 e. The van der Waals surface area contributed by atoms with Gasteiger partial charge in [0, 0.05) is 13.1 Å². The van der Waals surface area contributed by atoms with Gasteiger partial charge in [0.15, 0.2) is 11.6 Å². The molecule has 2 rings (SSSR count). The highest BCUT2D eigenvalue weighted by Crippen LogP contribution is 2.24. The van der Waals surface area contributed by atoms with Crippen molar-refractivity contribution in [1.82, 2.24) is 4.31 Å². The van der Waals surface area contributed by atoms with Crippen LogP contribution in [0.15, 0.2) is 41.3 Å². The highest BCUT2D eigenvalue weighted by molar-refractivity contribution is 7.89. The van der Waals surface area contributed by atoms with Gasteiger partial charge in [-0.25, -0.2) is 21.6 Å². The van der Waals surface area contributed by atoms with Crippen LogP contribution in [0.2, 0.25) is 0 Å². The number of hydrogen-bond donors (Lipinski definition) is 0. The molecule has 0 spiro atoms. The standard InChI is InChI=1S/C16H16F3NO3S/c1-3-20(10-11-4-7-15(23-2)14(19)8-11)24(21,22)16-9-12(17)5-6-13(16)18/h4-9H,3,10H2,1-2H3. The van der Waals surface area contributed by atoms with Gasteiger partial charge in [-0.1, -0.05) is 13.0 Å². The fraction of sp³-hybridized carbons (Fsp3) is 0.250. The van der Waals surface area contributed by atoms with Gasteiger partial charge in [-0.05, 0) is 35.9 Å². The molecule has 130 valence electrons. The van der Waals surface area contributed by atoms with Crippen molar-refractivity contribution in [3.8, 4) is 5.75 Å². The van der Waals surface area contributed by atoms with Gasteiger partial charge in [0.05, 0.1) is 7.11 Å². The van der Waals surface area contributed by atoms with Crippen molar-refractivity contribution in [1.29, 1.82) is 0 Å². The Bertz CT molecular complexity index is 840. The first kappa shape index (κ1) is 18.3. The topological polar surface area (TPSA) is 46.6 Å². The summed E-state index contributed by atoms with van der Waals surface area (Å²) in [5, 5.41) is 0. The van der Waals surface area contributed by atoms with E-state index in [1.165, 1.54) is 19.2 Å². The SMILES string of the molecule is CCN(Cc1ccc(OC)c(F)c1)S(=O)(=O)c1cc(F)ccc1F. The maximum Gasteiger partial charge on any atom is 0.246 e. The summed E-state index contributed by atoms with van der Waals surface area (Å²) in [7, 11) is -2.95. The van der Waals surface area contributed by atoms with E-state index in [2.05, 4.69) is 0 Å². The number of benzene rings is 2. The molecule has 0 heterocycles. The Morgan fingerprint density at radius 2 is 1.75 bits per heavy atom. The minimum atomic E-state index is -4.27. The van der Waals surface area contributed by atoms with Crippen LogP contribution < -0.4 is 4.74 Å². The van der Waals surface area contributed by atoms with Crippen molar-refractivity contribution in [2.45, 2.75) is 18.4 Å². The Morgan fingerprint density at radius 1 is 1.04 bits per heavy atom. The first-order valence-corrected chi connectivity index (χ1v) is 8.51.